The maximum absolute atomic E-state index is 13.6. The Morgan fingerprint density at radius 3 is 1.50 bits per heavy atom. The predicted octanol–water partition coefficient (Wildman–Crippen LogP) is 8.59. The first-order chi connectivity index (χ1) is 21.5. The van der Waals surface area contributed by atoms with E-state index in [0.717, 1.165) is 58.4 Å². The van der Waals surface area contributed by atoms with Gasteiger partial charge in [-0.15, -0.1) is 0 Å². The minimum absolute atomic E-state index is 0.113. The Morgan fingerprint density at radius 2 is 0.978 bits per heavy atom. The third-order valence-corrected chi connectivity index (χ3v) is 9.39. The monoisotopic (exact) mass is 620 g/mol. The highest BCUT2D eigenvalue weighted by Gasteiger charge is 2.40. The third-order valence-electron chi connectivity index (χ3n) is 9.39. The van der Waals surface area contributed by atoms with Crippen LogP contribution in [0.3, 0.4) is 0 Å². The van der Waals surface area contributed by atoms with Gasteiger partial charge in [0.1, 0.15) is 12.2 Å². The van der Waals surface area contributed by atoms with Gasteiger partial charge < -0.3 is 20.1 Å². The zero-order valence-corrected chi connectivity index (χ0v) is 28.5. The molecule has 0 radical (unpaired) electrons. The molecule has 2 saturated heterocycles. The summed E-state index contributed by atoms with van der Waals surface area (Å²) in [5.41, 5.74) is 2.68. The molecule has 6 rings (SSSR count). The van der Waals surface area contributed by atoms with Gasteiger partial charge in [-0.05, 0) is 112 Å². The lowest BCUT2D eigenvalue weighted by Gasteiger charge is -2.45. The number of fused-ring (bicyclic) bond motifs is 2. The fraction of sp³-hybridized carbons (Fsp3) is 0.450. The number of hydrogen-bond acceptors (Lipinski definition) is 6. The Hall–Kier alpha value is -3.74. The number of nitrogens with one attached hydrogen (secondary N) is 2. The van der Waals surface area contributed by atoms with Gasteiger partial charge in [-0.1, -0.05) is 48.5 Å². The van der Waals surface area contributed by atoms with E-state index in [2.05, 4.69) is 90.3 Å². The Labute approximate surface area is 273 Å². The van der Waals surface area contributed by atoms with Crippen molar-refractivity contribution in [3.05, 3.63) is 83.9 Å². The van der Waals surface area contributed by atoms with Gasteiger partial charge in [-0.25, -0.2) is 9.59 Å². The normalized spacial score (nSPS) is 20.8. The number of esters is 2. The van der Waals surface area contributed by atoms with Crippen LogP contribution in [-0.2, 0) is 9.47 Å². The maximum atomic E-state index is 13.6. The van der Waals surface area contributed by atoms with Gasteiger partial charge in [-0.2, -0.15) is 0 Å². The molecule has 6 nitrogen and oxygen atoms in total. The molecule has 2 aliphatic heterocycles. The molecule has 0 unspecified atom stereocenters. The smallest absolute Gasteiger partial charge is 0.339 e. The van der Waals surface area contributed by atoms with Crippen LogP contribution in [0.5, 0.6) is 0 Å². The lowest BCUT2D eigenvalue weighted by molar-refractivity contribution is -0.00748. The second-order valence-corrected chi connectivity index (χ2v) is 16.1. The van der Waals surface area contributed by atoms with Crippen molar-refractivity contribution in [2.45, 2.75) is 115 Å². The summed E-state index contributed by atoms with van der Waals surface area (Å²) in [6.45, 7) is 17.2. The molecule has 0 aromatic heterocycles. The molecule has 0 saturated carbocycles. The molecule has 0 atom stereocenters. The molecule has 0 aliphatic carbocycles. The van der Waals surface area contributed by atoms with Crippen molar-refractivity contribution in [2.75, 3.05) is 0 Å². The van der Waals surface area contributed by atoms with Crippen LogP contribution >= 0.6 is 0 Å². The molecular weight excluding hydrogens is 572 g/mol. The van der Waals surface area contributed by atoms with Crippen molar-refractivity contribution in [3.8, 4) is 11.1 Å². The molecule has 4 aromatic rings. The van der Waals surface area contributed by atoms with Gasteiger partial charge >= 0.3 is 11.9 Å². The summed E-state index contributed by atoms with van der Waals surface area (Å²) >= 11 is 0. The fourth-order valence-electron chi connectivity index (χ4n) is 8.33. The lowest BCUT2D eigenvalue weighted by Crippen LogP contribution is -2.59. The van der Waals surface area contributed by atoms with Crippen molar-refractivity contribution in [3.63, 3.8) is 0 Å². The number of piperidine rings is 2. The molecule has 46 heavy (non-hydrogen) atoms. The van der Waals surface area contributed by atoms with Crippen LogP contribution in [0.15, 0.2) is 72.8 Å². The SMILES string of the molecule is CC1(C)CC(OC(=O)c2cccc3cc(-c4ccc5cccc(C(=O)OC6CC(C)(C)NC(C)(C)C6)c5c4)ccc23)CC(C)(C)N1. The molecule has 242 valence electrons. The molecule has 0 bridgehead atoms. The number of carbonyl (C=O) groups excluding carboxylic acids is 2. The highest BCUT2D eigenvalue weighted by molar-refractivity contribution is 6.07. The molecule has 6 heteroatoms. The van der Waals surface area contributed by atoms with E-state index < -0.39 is 0 Å². The van der Waals surface area contributed by atoms with Crippen molar-refractivity contribution in [1.29, 1.82) is 0 Å². The fourth-order valence-corrected chi connectivity index (χ4v) is 8.33. The first-order valence-corrected chi connectivity index (χ1v) is 16.5. The van der Waals surface area contributed by atoms with Gasteiger partial charge in [0.2, 0.25) is 0 Å². The van der Waals surface area contributed by atoms with Crippen LogP contribution in [0.25, 0.3) is 32.7 Å². The summed E-state index contributed by atoms with van der Waals surface area (Å²) in [5.74, 6) is -0.574. The second kappa shape index (κ2) is 11.5. The predicted molar refractivity (Wildman–Crippen MR) is 186 cm³/mol. The van der Waals surface area contributed by atoms with Gasteiger partial charge in [0.05, 0.1) is 11.1 Å². The summed E-state index contributed by atoms with van der Waals surface area (Å²) in [7, 11) is 0. The summed E-state index contributed by atoms with van der Waals surface area (Å²) in [5, 5.41) is 11.0. The zero-order valence-electron chi connectivity index (χ0n) is 28.5. The molecule has 4 aromatic carbocycles. The minimum Gasteiger partial charge on any atom is -0.459 e. The third kappa shape index (κ3) is 6.98. The molecule has 0 amide bonds. The van der Waals surface area contributed by atoms with Crippen LogP contribution in [-0.4, -0.2) is 46.3 Å². The van der Waals surface area contributed by atoms with Crippen molar-refractivity contribution >= 4 is 33.5 Å². The summed E-state index contributed by atoms with van der Waals surface area (Å²) < 4.78 is 12.3. The molecular formula is C40H48N2O4. The topological polar surface area (TPSA) is 76.7 Å². The van der Waals surface area contributed by atoms with Crippen LogP contribution in [0.1, 0.15) is 102 Å². The van der Waals surface area contributed by atoms with E-state index in [1.54, 1.807) is 0 Å². The minimum atomic E-state index is -0.288. The van der Waals surface area contributed by atoms with Crippen molar-refractivity contribution in [2.24, 2.45) is 0 Å². The van der Waals surface area contributed by atoms with Crippen LogP contribution in [0, 0.1) is 0 Å². The summed E-state index contributed by atoms with van der Waals surface area (Å²) in [6, 6.07) is 23.9. The first kappa shape index (κ1) is 32.2. The molecule has 2 N–H and O–H groups in total. The Balaban J connectivity index is 1.26. The average molecular weight is 621 g/mol. The summed E-state index contributed by atoms with van der Waals surface area (Å²) in [6.07, 6.45) is 2.74. The van der Waals surface area contributed by atoms with E-state index in [0.29, 0.717) is 11.1 Å². The van der Waals surface area contributed by atoms with E-state index in [4.69, 9.17) is 9.47 Å². The Bertz CT molecular complexity index is 1790. The first-order valence-electron chi connectivity index (χ1n) is 16.5. The number of hydrogen-bond donors (Lipinski definition) is 2. The van der Waals surface area contributed by atoms with Gasteiger partial charge in [0.15, 0.2) is 0 Å². The maximum Gasteiger partial charge on any atom is 0.339 e. The van der Waals surface area contributed by atoms with E-state index in [1.807, 2.05) is 48.5 Å². The van der Waals surface area contributed by atoms with E-state index >= 15 is 0 Å². The molecule has 2 heterocycles. The summed E-state index contributed by atoms with van der Waals surface area (Å²) in [4.78, 5) is 27.1. The zero-order chi connectivity index (χ0) is 33.1. The number of carbonyl (C=O) groups is 2. The highest BCUT2D eigenvalue weighted by Crippen LogP contribution is 2.35. The van der Waals surface area contributed by atoms with E-state index in [9.17, 15) is 9.59 Å². The van der Waals surface area contributed by atoms with Crippen LogP contribution in [0.4, 0.5) is 0 Å². The molecule has 2 aliphatic rings. The Morgan fingerprint density at radius 1 is 0.543 bits per heavy atom. The van der Waals surface area contributed by atoms with E-state index in [1.165, 1.54) is 0 Å². The van der Waals surface area contributed by atoms with E-state index in [-0.39, 0.29) is 46.3 Å². The quantitative estimate of drug-likeness (QED) is 0.218. The van der Waals surface area contributed by atoms with Gasteiger partial charge in [-0.3, -0.25) is 0 Å². The Kier molecular flexibility index (Phi) is 8.05. The van der Waals surface area contributed by atoms with Gasteiger partial charge in [0, 0.05) is 47.8 Å². The largest absolute Gasteiger partial charge is 0.459 e. The van der Waals surface area contributed by atoms with Crippen LogP contribution < -0.4 is 10.6 Å². The second-order valence-electron chi connectivity index (χ2n) is 16.1. The molecule has 2 fully saturated rings. The van der Waals surface area contributed by atoms with Gasteiger partial charge in [0.25, 0.3) is 0 Å². The number of ether oxygens (including phenoxy) is 2. The number of rotatable bonds is 5. The van der Waals surface area contributed by atoms with Crippen molar-refractivity contribution in [1.82, 2.24) is 10.6 Å². The van der Waals surface area contributed by atoms with Crippen LogP contribution in [0.2, 0.25) is 0 Å². The lowest BCUT2D eigenvalue weighted by atomic mass is 9.81. The highest BCUT2D eigenvalue weighted by atomic mass is 16.5. The standard InChI is InChI=1S/C40H48N2O4/c1-37(2)21-29(22-38(3,4)41-37)45-35(43)32-13-10-12-28-19-26(17-18-31(28)32)27-16-15-25-11-9-14-33(34(25)20-27)36(44)46-30-23-39(5,6)42-40(7,8)24-30/h9-20,29-30,41-42H,21-24H2,1-8H3. The van der Waals surface area contributed by atoms with Crippen molar-refractivity contribution < 1.29 is 19.1 Å². The average Bonchev–Trinajstić information content (AvgIpc) is 2.92. The molecule has 0 spiro atoms. The number of benzene rings is 4.